The Morgan fingerprint density at radius 1 is 0.966 bits per heavy atom. The van der Waals surface area contributed by atoms with E-state index in [0.29, 0.717) is 5.69 Å². The van der Waals surface area contributed by atoms with Crippen LogP contribution in [-0.4, -0.2) is 55.4 Å². The van der Waals surface area contributed by atoms with Gasteiger partial charge in [-0.2, -0.15) is 8.42 Å². The molecular weight excluding hydrogens is 440 g/mol. The number of rotatable bonds is 9. The van der Waals surface area contributed by atoms with E-state index in [2.05, 4.69) is 9.71 Å². The molecule has 0 bridgehead atoms. The molecule has 0 radical (unpaired) electrons. The number of benzene rings is 1. The molecule has 0 unspecified atom stereocenters. The molecule has 1 aromatic rings. The van der Waals surface area contributed by atoms with Gasteiger partial charge in [0.1, 0.15) is 4.38 Å². The molecule has 160 valence electrons. The van der Waals surface area contributed by atoms with Gasteiger partial charge in [-0.3, -0.25) is 14.4 Å². The molecule has 9 nitrogen and oxygen atoms in total. The number of carbonyl (C=O) groups is 3. The lowest BCUT2D eigenvalue weighted by Crippen LogP contribution is -2.12. The smallest absolute Gasteiger partial charge is 0.316 e. The number of nitrogens with one attached hydrogen (secondary N) is 1. The Morgan fingerprint density at radius 2 is 1.45 bits per heavy atom. The van der Waals surface area contributed by atoms with E-state index in [1.165, 1.54) is 31.2 Å². The van der Waals surface area contributed by atoms with Crippen molar-refractivity contribution in [2.75, 3.05) is 30.0 Å². The molecule has 0 saturated heterocycles. The van der Waals surface area contributed by atoms with Crippen LogP contribution in [-0.2, 0) is 33.9 Å². The highest BCUT2D eigenvalue weighted by atomic mass is 32.2. The summed E-state index contributed by atoms with van der Waals surface area (Å²) < 4.78 is 38.6. The Hall–Kier alpha value is -2.05. The van der Waals surface area contributed by atoms with E-state index in [0.717, 1.165) is 23.5 Å². The summed E-state index contributed by atoms with van der Waals surface area (Å²) in [5, 5.41) is 2.53. The van der Waals surface area contributed by atoms with Gasteiger partial charge >= 0.3 is 11.9 Å². The zero-order chi connectivity index (χ0) is 21.9. The first-order chi connectivity index (χ1) is 13.7. The second-order valence-electron chi connectivity index (χ2n) is 5.23. The normalized spacial score (nSPS) is 10.7. The van der Waals surface area contributed by atoms with Crippen molar-refractivity contribution in [1.82, 2.24) is 0 Å². The molecule has 0 aliphatic carbocycles. The number of ether oxygens (including phenoxy) is 2. The van der Waals surface area contributed by atoms with Crippen LogP contribution < -0.4 is 5.32 Å². The van der Waals surface area contributed by atoms with E-state index in [9.17, 15) is 22.8 Å². The minimum Gasteiger partial charge on any atom is -0.465 e. The summed E-state index contributed by atoms with van der Waals surface area (Å²) in [6, 6.07) is 5.46. The predicted molar refractivity (Wildman–Crippen MR) is 114 cm³/mol. The molecule has 0 aliphatic heterocycles. The number of thioether (sulfide) groups is 2. The van der Waals surface area contributed by atoms with Crippen molar-refractivity contribution in [1.29, 1.82) is 0 Å². The number of hydrogen-bond donors (Lipinski definition) is 1. The predicted octanol–water partition coefficient (Wildman–Crippen LogP) is 2.28. The Bertz CT molecular complexity index is 828. The molecule has 1 N–H and O–H groups in total. The first kappa shape index (κ1) is 25.0. The molecule has 0 aliphatic rings. The van der Waals surface area contributed by atoms with E-state index in [4.69, 9.17) is 9.47 Å². The summed E-state index contributed by atoms with van der Waals surface area (Å²) in [4.78, 5) is 34.1. The monoisotopic (exact) mass is 462 g/mol. The largest absolute Gasteiger partial charge is 0.465 e. The fourth-order valence-corrected chi connectivity index (χ4v) is 4.93. The topological polar surface area (TPSA) is 128 Å². The van der Waals surface area contributed by atoms with Crippen LogP contribution in [0.3, 0.4) is 0 Å². The van der Waals surface area contributed by atoms with Gasteiger partial charge in [-0.1, -0.05) is 23.5 Å². The van der Waals surface area contributed by atoms with Crippen molar-refractivity contribution in [2.45, 2.75) is 25.7 Å². The highest BCUT2D eigenvalue weighted by Gasteiger charge is 2.18. The number of hydrogen-bond acceptors (Lipinski definition) is 9. The van der Waals surface area contributed by atoms with Crippen LogP contribution in [0.25, 0.3) is 0 Å². The zero-order valence-corrected chi connectivity index (χ0v) is 18.6. The third kappa shape index (κ3) is 9.81. The molecule has 0 aromatic heterocycles. The second kappa shape index (κ2) is 12.5. The van der Waals surface area contributed by atoms with E-state index < -0.39 is 22.0 Å². The van der Waals surface area contributed by atoms with Crippen LogP contribution in [0.15, 0.2) is 33.6 Å². The molecule has 0 atom stereocenters. The Balaban J connectivity index is 3.01. The van der Waals surface area contributed by atoms with Gasteiger partial charge in [0.15, 0.2) is 0 Å². The van der Waals surface area contributed by atoms with Crippen molar-refractivity contribution in [3.8, 4) is 0 Å². The Labute approximate surface area is 178 Å². The average molecular weight is 463 g/mol. The van der Waals surface area contributed by atoms with Crippen LogP contribution in [0.2, 0.25) is 0 Å². The third-order valence-corrected chi connectivity index (χ3v) is 6.57. The number of carbonyl (C=O) groups excluding carboxylic acids is 3. The van der Waals surface area contributed by atoms with Crippen molar-refractivity contribution < 1.29 is 32.3 Å². The van der Waals surface area contributed by atoms with E-state index in [-0.39, 0.29) is 39.9 Å². The number of amides is 1. The third-order valence-electron chi connectivity index (χ3n) is 2.90. The van der Waals surface area contributed by atoms with Gasteiger partial charge in [0, 0.05) is 12.6 Å². The SMILES string of the molecule is CCOC(=O)CSC(=NS(=O)(=O)c1ccc(NC(C)=O)cc1)SCC(=O)OCC. The second-order valence-corrected chi connectivity index (χ2v) is 9.02. The minimum atomic E-state index is -4.10. The molecule has 1 amide bonds. The van der Waals surface area contributed by atoms with Crippen molar-refractivity contribution >= 4 is 61.5 Å². The van der Waals surface area contributed by atoms with E-state index in [1.807, 2.05) is 0 Å². The van der Waals surface area contributed by atoms with Crippen LogP contribution in [0.5, 0.6) is 0 Å². The lowest BCUT2D eigenvalue weighted by molar-refractivity contribution is -0.140. The number of anilines is 1. The van der Waals surface area contributed by atoms with Crippen LogP contribution in [0.1, 0.15) is 20.8 Å². The van der Waals surface area contributed by atoms with E-state index in [1.54, 1.807) is 13.8 Å². The summed E-state index contributed by atoms with van der Waals surface area (Å²) in [6.07, 6.45) is 0. The highest BCUT2D eigenvalue weighted by Crippen LogP contribution is 2.23. The first-order valence-electron chi connectivity index (χ1n) is 8.47. The maximum Gasteiger partial charge on any atom is 0.316 e. The molecule has 12 heteroatoms. The average Bonchev–Trinajstić information content (AvgIpc) is 2.64. The van der Waals surface area contributed by atoms with Crippen molar-refractivity contribution in [2.24, 2.45) is 4.40 Å². The van der Waals surface area contributed by atoms with Crippen molar-refractivity contribution in [3.63, 3.8) is 0 Å². The lowest BCUT2D eigenvalue weighted by atomic mass is 10.3. The molecule has 1 rings (SSSR count). The maximum absolute atomic E-state index is 12.6. The Morgan fingerprint density at radius 3 is 1.86 bits per heavy atom. The number of esters is 2. The van der Waals surface area contributed by atoms with Gasteiger partial charge in [0.25, 0.3) is 10.0 Å². The molecule has 29 heavy (non-hydrogen) atoms. The molecule has 0 saturated carbocycles. The van der Waals surface area contributed by atoms with Gasteiger partial charge in [0.2, 0.25) is 5.91 Å². The molecular formula is C17H22N2O7S3. The summed E-state index contributed by atoms with van der Waals surface area (Å²) in [6.45, 7) is 5.04. The lowest BCUT2D eigenvalue weighted by Gasteiger charge is -2.07. The summed E-state index contributed by atoms with van der Waals surface area (Å²) in [7, 11) is -4.10. The van der Waals surface area contributed by atoms with Gasteiger partial charge in [-0.25, -0.2) is 0 Å². The van der Waals surface area contributed by atoms with Gasteiger partial charge in [0.05, 0.1) is 29.6 Å². The quantitative estimate of drug-likeness (QED) is 0.334. The van der Waals surface area contributed by atoms with Crippen LogP contribution in [0, 0.1) is 0 Å². The molecule has 0 fully saturated rings. The Kier molecular flexibility index (Phi) is 10.8. The molecule has 0 spiro atoms. The minimum absolute atomic E-state index is 0.0112. The molecule has 1 aromatic carbocycles. The van der Waals surface area contributed by atoms with Gasteiger partial charge in [-0.05, 0) is 38.1 Å². The van der Waals surface area contributed by atoms with Gasteiger partial charge < -0.3 is 14.8 Å². The summed E-state index contributed by atoms with van der Waals surface area (Å²) >= 11 is 1.71. The highest BCUT2D eigenvalue weighted by molar-refractivity contribution is 8.39. The summed E-state index contributed by atoms with van der Waals surface area (Å²) in [5.74, 6) is -1.65. The van der Waals surface area contributed by atoms with Crippen molar-refractivity contribution in [3.05, 3.63) is 24.3 Å². The summed E-state index contributed by atoms with van der Waals surface area (Å²) in [5.41, 5.74) is 0.439. The van der Waals surface area contributed by atoms with Crippen LogP contribution >= 0.6 is 23.5 Å². The number of sulfonamides is 1. The fourth-order valence-electron chi connectivity index (χ4n) is 1.81. The zero-order valence-electron chi connectivity index (χ0n) is 16.2. The first-order valence-corrected chi connectivity index (χ1v) is 11.9. The van der Waals surface area contributed by atoms with Crippen LogP contribution in [0.4, 0.5) is 5.69 Å². The van der Waals surface area contributed by atoms with Gasteiger partial charge in [-0.15, -0.1) is 4.40 Å². The molecule has 0 heterocycles. The van der Waals surface area contributed by atoms with E-state index >= 15 is 0 Å². The maximum atomic E-state index is 12.6. The number of nitrogens with zero attached hydrogens (tertiary/aromatic N) is 1. The fraction of sp³-hybridized carbons (Fsp3) is 0.412. The standard InChI is InChI=1S/C17H22N2O7S3/c1-4-25-15(21)10-27-17(28-11-16(22)26-5-2)19-29(23,24)14-8-6-13(7-9-14)18-12(3)20/h6-9H,4-5,10-11H2,1-3H3,(H,18,20).